The van der Waals surface area contributed by atoms with Crippen LogP contribution in [0.2, 0.25) is 0 Å². The maximum Gasteiger partial charge on any atom is 0.331 e. The van der Waals surface area contributed by atoms with Crippen LogP contribution < -0.4 is 0 Å². The molecule has 4 rings (SSSR count). The molecule has 1 fully saturated rings. The summed E-state index contributed by atoms with van der Waals surface area (Å²) in [7, 11) is 0. The van der Waals surface area contributed by atoms with Gasteiger partial charge in [0.15, 0.2) is 12.2 Å². The van der Waals surface area contributed by atoms with Gasteiger partial charge >= 0.3 is 11.9 Å². The van der Waals surface area contributed by atoms with Crippen LogP contribution in [0, 0.1) is 6.92 Å². The lowest BCUT2D eigenvalue weighted by Crippen LogP contribution is -2.58. The number of allylic oxidation sites excluding steroid dienone is 1. The van der Waals surface area contributed by atoms with Crippen LogP contribution in [0.1, 0.15) is 59.3 Å². The van der Waals surface area contributed by atoms with Gasteiger partial charge in [-0.2, -0.15) is 0 Å². The molecular formula is C27H28O9. The second kappa shape index (κ2) is 9.75. The van der Waals surface area contributed by atoms with Crippen LogP contribution in [0.5, 0.6) is 11.5 Å². The van der Waals surface area contributed by atoms with Crippen LogP contribution in [-0.4, -0.2) is 64.1 Å². The van der Waals surface area contributed by atoms with E-state index in [9.17, 15) is 29.7 Å². The minimum Gasteiger partial charge on any atom is -0.507 e. The molecule has 0 saturated carbocycles. The summed E-state index contributed by atoms with van der Waals surface area (Å²) in [6, 6.07) is 7.72. The largest absolute Gasteiger partial charge is 0.507 e. The van der Waals surface area contributed by atoms with Crippen molar-refractivity contribution in [1.82, 2.24) is 0 Å². The van der Waals surface area contributed by atoms with Crippen molar-refractivity contribution in [1.29, 1.82) is 0 Å². The number of ketones is 1. The molecule has 0 bridgehead atoms. The molecule has 1 heterocycles. The quantitative estimate of drug-likeness (QED) is 0.430. The monoisotopic (exact) mass is 496 g/mol. The number of rotatable bonds is 4. The maximum absolute atomic E-state index is 13.3. The number of hydrogen-bond donors (Lipinski definition) is 3. The summed E-state index contributed by atoms with van der Waals surface area (Å²) >= 11 is 0. The van der Waals surface area contributed by atoms with Gasteiger partial charge < -0.3 is 29.5 Å². The minimum absolute atomic E-state index is 0.00408. The number of aliphatic hydroxyl groups excluding tert-OH is 1. The average molecular weight is 497 g/mol. The summed E-state index contributed by atoms with van der Waals surface area (Å²) in [6.07, 6.45) is -3.64. The van der Waals surface area contributed by atoms with Crippen molar-refractivity contribution in [3.8, 4) is 11.5 Å². The minimum atomic E-state index is -1.48. The normalized spacial score (nSPS) is 24.8. The Labute approximate surface area is 207 Å². The number of aromatic hydroxyl groups is 2. The zero-order chi connectivity index (χ0) is 26.3. The molecule has 1 saturated heterocycles. The first-order valence-electron chi connectivity index (χ1n) is 11.5. The molecule has 190 valence electrons. The molecule has 2 aliphatic rings. The molecule has 0 aromatic heterocycles. The fourth-order valence-electron chi connectivity index (χ4n) is 4.96. The van der Waals surface area contributed by atoms with Crippen LogP contribution in [0.4, 0.5) is 0 Å². The van der Waals surface area contributed by atoms with E-state index in [4.69, 9.17) is 14.2 Å². The van der Waals surface area contributed by atoms with Crippen LogP contribution in [0.15, 0.2) is 42.0 Å². The number of ether oxygens (including phenoxy) is 3. The second-order valence-electron chi connectivity index (χ2n) is 9.36. The van der Waals surface area contributed by atoms with Crippen molar-refractivity contribution in [2.24, 2.45) is 0 Å². The summed E-state index contributed by atoms with van der Waals surface area (Å²) < 4.78 is 16.8. The van der Waals surface area contributed by atoms with Crippen molar-refractivity contribution in [3.05, 3.63) is 69.8 Å². The van der Waals surface area contributed by atoms with E-state index in [2.05, 4.69) is 0 Å². The summed E-state index contributed by atoms with van der Waals surface area (Å²) in [5.74, 6) is -3.26. The highest BCUT2D eigenvalue weighted by molar-refractivity contribution is 6.16. The number of aryl methyl sites for hydroxylation is 1. The van der Waals surface area contributed by atoms with Gasteiger partial charge in [0.05, 0.1) is 23.8 Å². The first-order chi connectivity index (χ1) is 17.0. The van der Waals surface area contributed by atoms with E-state index < -0.39 is 48.1 Å². The van der Waals surface area contributed by atoms with Gasteiger partial charge in [-0.1, -0.05) is 23.8 Å². The highest BCUT2D eigenvalue weighted by atomic mass is 16.6. The van der Waals surface area contributed by atoms with Gasteiger partial charge in [-0.05, 0) is 49.6 Å². The Hall–Kier alpha value is -3.69. The fourth-order valence-corrected chi connectivity index (χ4v) is 4.96. The molecule has 3 N–H and O–H groups in total. The molecule has 1 aliphatic carbocycles. The predicted octanol–water partition coefficient (Wildman–Crippen LogP) is 2.65. The molecule has 0 radical (unpaired) electrons. The summed E-state index contributed by atoms with van der Waals surface area (Å²) in [4.78, 5) is 37.4. The third kappa shape index (κ3) is 4.59. The lowest BCUT2D eigenvalue weighted by Gasteiger charge is -2.43. The van der Waals surface area contributed by atoms with Crippen molar-refractivity contribution in [2.75, 3.05) is 6.61 Å². The third-order valence-corrected chi connectivity index (χ3v) is 6.29. The van der Waals surface area contributed by atoms with E-state index >= 15 is 0 Å². The zero-order valence-electron chi connectivity index (χ0n) is 20.3. The van der Waals surface area contributed by atoms with E-state index in [-0.39, 0.29) is 29.2 Å². The van der Waals surface area contributed by atoms with Crippen molar-refractivity contribution >= 4 is 17.7 Å². The molecule has 5 atom stereocenters. The molecule has 0 amide bonds. The summed E-state index contributed by atoms with van der Waals surface area (Å²) in [5, 5.41) is 32.6. The van der Waals surface area contributed by atoms with Crippen LogP contribution >= 0.6 is 0 Å². The Morgan fingerprint density at radius 2 is 1.72 bits per heavy atom. The number of aliphatic hydroxyl groups is 1. The molecule has 9 heteroatoms. The van der Waals surface area contributed by atoms with Crippen LogP contribution in [0.3, 0.4) is 0 Å². The second-order valence-corrected chi connectivity index (χ2v) is 9.36. The zero-order valence-corrected chi connectivity index (χ0v) is 20.3. The van der Waals surface area contributed by atoms with Crippen molar-refractivity contribution in [2.45, 2.75) is 58.0 Å². The van der Waals surface area contributed by atoms with Gasteiger partial charge in [-0.25, -0.2) is 4.79 Å². The Kier molecular flexibility index (Phi) is 6.88. The Bertz CT molecular complexity index is 1260. The van der Waals surface area contributed by atoms with Gasteiger partial charge in [0.25, 0.3) is 0 Å². The number of phenols is 2. The van der Waals surface area contributed by atoms with Crippen LogP contribution in [0.25, 0.3) is 0 Å². The van der Waals surface area contributed by atoms with Crippen molar-refractivity contribution in [3.63, 3.8) is 0 Å². The average Bonchev–Trinajstić information content (AvgIpc) is 2.76. The number of carbonyl (C=O) groups excluding carboxylic acids is 3. The van der Waals surface area contributed by atoms with Crippen LogP contribution in [-0.2, 0) is 23.8 Å². The first kappa shape index (κ1) is 25.4. The SMILES string of the molecule is CC(=O)O[C@H]1CO[C@H]([C@@H]2c3cccc(O)c3C(=O)c3c(O)cc(C)cc32)[C@H](O)[C@H]1OC(=O)C=C(C)C. The van der Waals surface area contributed by atoms with E-state index in [1.807, 2.05) is 0 Å². The van der Waals surface area contributed by atoms with E-state index in [1.165, 1.54) is 25.1 Å². The Morgan fingerprint density at radius 3 is 2.39 bits per heavy atom. The smallest absolute Gasteiger partial charge is 0.331 e. The van der Waals surface area contributed by atoms with Gasteiger partial charge in [0.1, 0.15) is 17.6 Å². The lowest BCUT2D eigenvalue weighted by atomic mass is 9.71. The molecule has 9 nitrogen and oxygen atoms in total. The van der Waals surface area contributed by atoms with E-state index in [1.54, 1.807) is 39.0 Å². The molecule has 2 aromatic carbocycles. The number of fused-ring (bicyclic) bond motifs is 2. The summed E-state index contributed by atoms with van der Waals surface area (Å²) in [6.45, 7) is 6.17. The molecule has 1 aliphatic heterocycles. The standard InChI is InChI=1S/C27H28O9/c1-12(2)8-20(31)36-26-19(35-14(4)28)11-34-27(25(26)33)21-15-6-5-7-17(29)22(15)24(32)23-16(21)9-13(3)10-18(23)30/h5-10,19,21,25-27,29-30,33H,11H2,1-4H3/t19-,21+,25+,26-,27+/m0/s1. The molecule has 36 heavy (non-hydrogen) atoms. The lowest BCUT2D eigenvalue weighted by molar-refractivity contribution is -0.217. The van der Waals surface area contributed by atoms with E-state index in [0.29, 0.717) is 22.3 Å². The molecule has 0 spiro atoms. The topological polar surface area (TPSA) is 140 Å². The molecule has 2 aromatic rings. The predicted molar refractivity (Wildman–Crippen MR) is 127 cm³/mol. The number of benzene rings is 2. The summed E-state index contributed by atoms with van der Waals surface area (Å²) in [5.41, 5.74) is 2.13. The number of esters is 2. The van der Waals surface area contributed by atoms with E-state index in [0.717, 1.165) is 0 Å². The van der Waals surface area contributed by atoms with Gasteiger partial charge in [-0.3, -0.25) is 9.59 Å². The highest BCUT2D eigenvalue weighted by Crippen LogP contribution is 2.47. The van der Waals surface area contributed by atoms with Crippen molar-refractivity contribution < 1.29 is 43.9 Å². The fraction of sp³-hybridized carbons (Fsp3) is 0.370. The number of carbonyl (C=O) groups is 3. The number of phenolic OH excluding ortho intramolecular Hbond substituents is 2. The molecular weight excluding hydrogens is 468 g/mol. The third-order valence-electron chi connectivity index (χ3n) is 6.29. The van der Waals surface area contributed by atoms with Gasteiger partial charge in [0.2, 0.25) is 5.78 Å². The maximum atomic E-state index is 13.3. The Balaban J connectivity index is 1.83. The molecule has 0 unspecified atom stereocenters. The highest BCUT2D eigenvalue weighted by Gasteiger charge is 2.50. The van der Waals surface area contributed by atoms with Gasteiger partial charge in [0, 0.05) is 18.9 Å². The Morgan fingerprint density at radius 1 is 1.03 bits per heavy atom. The number of hydrogen-bond acceptors (Lipinski definition) is 9. The first-order valence-corrected chi connectivity index (χ1v) is 11.5. The van der Waals surface area contributed by atoms with Gasteiger partial charge in [-0.15, -0.1) is 0 Å².